The summed E-state index contributed by atoms with van der Waals surface area (Å²) < 4.78 is 0. The predicted molar refractivity (Wildman–Crippen MR) is 292 cm³/mol. The maximum Gasteiger partial charge on any atom is 0.0543 e. The molecule has 1 aliphatic carbocycles. The largest absolute Gasteiger partial charge is 0.334 e. The highest BCUT2D eigenvalue weighted by atomic mass is 15.3. The molecule has 0 N–H and O–H groups in total. The minimum absolute atomic E-state index is 0.0329. The zero-order chi connectivity index (χ0) is 45.3. The van der Waals surface area contributed by atoms with Crippen molar-refractivity contribution < 1.29 is 0 Å². The molecule has 1 saturated carbocycles. The minimum atomic E-state index is -0.0691. The highest BCUT2D eigenvalue weighted by Gasteiger charge is 2.60. The van der Waals surface area contributed by atoms with Crippen LogP contribution in [0.25, 0.3) is 109 Å². The second-order valence-corrected chi connectivity index (χ2v) is 20.3. The van der Waals surface area contributed by atoms with Crippen LogP contribution in [-0.4, -0.2) is 5.54 Å². The summed E-state index contributed by atoms with van der Waals surface area (Å²) in [5.74, 6) is 0.525. The molecule has 0 amide bonds. The molecule has 0 saturated heterocycles. The summed E-state index contributed by atoms with van der Waals surface area (Å²) in [5.41, 5.74) is 14.2. The quantitative estimate of drug-likeness (QED) is 0.156. The number of para-hydroxylation sites is 1. The van der Waals surface area contributed by atoms with Crippen molar-refractivity contribution in [2.45, 2.75) is 51.0 Å². The molecule has 0 radical (unpaired) electrons. The van der Waals surface area contributed by atoms with Crippen LogP contribution in [0.5, 0.6) is 0 Å². The SMILES string of the molecule is CC1CCCC2(C)c3cc(-c4cc(-c5cccc6ccccc56)c5ccc6c(-c7cccc8ccccc78)cc(-c7cccc8ccccc78)c7ccc4c5c76)ccc3N(c3ccccc3)C12C. The number of anilines is 2. The molecule has 0 bridgehead atoms. The molecule has 1 nitrogen and oxygen atoms in total. The van der Waals surface area contributed by atoms with E-state index in [2.05, 4.69) is 238 Å². The Morgan fingerprint density at radius 3 is 1.35 bits per heavy atom. The van der Waals surface area contributed by atoms with Crippen molar-refractivity contribution in [2.75, 3.05) is 4.90 Å². The Morgan fingerprint density at radius 1 is 0.397 bits per heavy atom. The summed E-state index contributed by atoms with van der Waals surface area (Å²) in [6.07, 6.45) is 3.64. The first-order chi connectivity index (χ1) is 33.4. The van der Waals surface area contributed by atoms with Crippen molar-refractivity contribution in [2.24, 2.45) is 5.92 Å². The average molecular weight is 870 g/mol. The molecule has 3 atom stereocenters. The molecular formula is C67H51N. The first-order valence-corrected chi connectivity index (χ1v) is 24.6. The Hall–Kier alpha value is -7.74. The van der Waals surface area contributed by atoms with E-state index in [4.69, 9.17) is 0 Å². The lowest BCUT2D eigenvalue weighted by Crippen LogP contribution is -2.59. The molecule has 14 rings (SSSR count). The fraction of sp³-hybridized carbons (Fsp3) is 0.134. The van der Waals surface area contributed by atoms with Crippen molar-refractivity contribution >= 4 is 76.0 Å². The molecule has 1 fully saturated rings. The van der Waals surface area contributed by atoms with Crippen molar-refractivity contribution in [1.29, 1.82) is 0 Å². The lowest BCUT2D eigenvalue weighted by Gasteiger charge is -2.54. The van der Waals surface area contributed by atoms with Crippen LogP contribution in [0.2, 0.25) is 0 Å². The van der Waals surface area contributed by atoms with Crippen LogP contribution in [0.3, 0.4) is 0 Å². The number of hydrogen-bond donors (Lipinski definition) is 0. The van der Waals surface area contributed by atoms with E-state index in [-0.39, 0.29) is 11.0 Å². The summed E-state index contributed by atoms with van der Waals surface area (Å²) in [5, 5.41) is 15.4. The van der Waals surface area contributed by atoms with E-state index in [1.54, 1.807) is 0 Å². The van der Waals surface area contributed by atoms with E-state index in [0.717, 1.165) is 0 Å². The molecule has 0 spiro atoms. The van der Waals surface area contributed by atoms with Crippen LogP contribution >= 0.6 is 0 Å². The van der Waals surface area contributed by atoms with E-state index < -0.39 is 0 Å². The van der Waals surface area contributed by atoms with E-state index >= 15 is 0 Å². The molecule has 3 unspecified atom stereocenters. The van der Waals surface area contributed by atoms with Gasteiger partial charge in [-0.05, 0) is 177 Å². The van der Waals surface area contributed by atoms with Gasteiger partial charge in [-0.3, -0.25) is 0 Å². The number of hydrogen-bond acceptors (Lipinski definition) is 1. The van der Waals surface area contributed by atoms with Gasteiger partial charge in [-0.2, -0.15) is 0 Å². The number of rotatable bonds is 5. The van der Waals surface area contributed by atoms with Gasteiger partial charge in [-0.25, -0.2) is 0 Å². The van der Waals surface area contributed by atoms with Crippen LogP contribution in [0.15, 0.2) is 212 Å². The zero-order valence-electron chi connectivity index (χ0n) is 38.9. The van der Waals surface area contributed by atoms with Gasteiger partial charge in [0.25, 0.3) is 0 Å². The van der Waals surface area contributed by atoms with E-state index in [1.807, 2.05) is 0 Å². The number of benzene rings is 12. The highest BCUT2D eigenvalue weighted by Crippen LogP contribution is 2.63. The Bertz CT molecular complexity index is 3900. The van der Waals surface area contributed by atoms with Crippen molar-refractivity contribution in [3.8, 4) is 44.5 Å². The fourth-order valence-corrected chi connectivity index (χ4v) is 13.6. The third-order valence-corrected chi connectivity index (χ3v) is 17.2. The molecule has 1 heterocycles. The monoisotopic (exact) mass is 869 g/mol. The van der Waals surface area contributed by atoms with Crippen molar-refractivity contribution in [3.63, 3.8) is 0 Å². The standard InChI is InChI=1S/C67H51N/c1-42-17-16-38-66(2)62-39-46(32-37-63(62)68(67(42,66)3)47-24-5-4-6-25-47)58-40-59(51-29-13-21-43-18-7-10-26-48(43)51)55-35-36-57-61(53-31-15-23-45-20-9-12-28-50(45)53)41-60(56-34-33-54(58)64(55)65(56)57)52-30-14-22-44-19-8-11-27-49(44)52/h4-15,18-37,39-42H,16-17,38H2,1-3H3. The van der Waals surface area contributed by atoms with Crippen LogP contribution < -0.4 is 4.90 Å². The molecule has 2 aliphatic rings. The smallest absolute Gasteiger partial charge is 0.0543 e. The molecule has 324 valence electrons. The van der Waals surface area contributed by atoms with E-state index in [9.17, 15) is 0 Å². The first kappa shape index (κ1) is 39.4. The van der Waals surface area contributed by atoms with Gasteiger partial charge in [-0.15, -0.1) is 0 Å². The van der Waals surface area contributed by atoms with E-state index in [0.29, 0.717) is 5.92 Å². The fourth-order valence-electron chi connectivity index (χ4n) is 13.6. The summed E-state index contributed by atoms with van der Waals surface area (Å²) in [6, 6.07) is 80.6. The zero-order valence-corrected chi connectivity index (χ0v) is 38.9. The van der Waals surface area contributed by atoms with Gasteiger partial charge in [0.1, 0.15) is 0 Å². The Balaban J connectivity index is 1.12. The second-order valence-electron chi connectivity index (χ2n) is 20.3. The number of nitrogens with zero attached hydrogens (tertiary/aromatic N) is 1. The molecular weight excluding hydrogens is 819 g/mol. The van der Waals surface area contributed by atoms with Crippen LogP contribution in [0.1, 0.15) is 45.6 Å². The number of fused-ring (bicyclic) bond motifs is 6. The van der Waals surface area contributed by atoms with Gasteiger partial charge in [0, 0.05) is 16.8 Å². The minimum Gasteiger partial charge on any atom is -0.334 e. The highest BCUT2D eigenvalue weighted by molar-refractivity contribution is 6.33. The molecule has 0 aromatic heterocycles. The summed E-state index contributed by atoms with van der Waals surface area (Å²) in [7, 11) is 0. The third kappa shape index (κ3) is 5.39. The van der Waals surface area contributed by atoms with Gasteiger partial charge in [0.05, 0.1) is 5.54 Å². The van der Waals surface area contributed by atoms with Gasteiger partial charge in [0.2, 0.25) is 0 Å². The molecule has 1 heteroatoms. The summed E-state index contributed by atoms with van der Waals surface area (Å²) in [4.78, 5) is 2.71. The maximum atomic E-state index is 2.71. The van der Waals surface area contributed by atoms with Crippen molar-refractivity contribution in [1.82, 2.24) is 0 Å². The Kier molecular flexibility index (Phi) is 8.48. The van der Waals surface area contributed by atoms with Gasteiger partial charge < -0.3 is 4.90 Å². The summed E-state index contributed by atoms with van der Waals surface area (Å²) >= 11 is 0. The predicted octanol–water partition coefficient (Wildman–Crippen LogP) is 18.7. The normalized spacial score (nSPS) is 19.2. The first-order valence-electron chi connectivity index (χ1n) is 24.6. The van der Waals surface area contributed by atoms with Crippen molar-refractivity contribution in [3.05, 3.63) is 218 Å². The van der Waals surface area contributed by atoms with Crippen LogP contribution in [0, 0.1) is 5.92 Å². The average Bonchev–Trinajstić information content (AvgIpc) is 3.60. The van der Waals surface area contributed by atoms with Gasteiger partial charge >= 0.3 is 0 Å². The molecule has 1 aliphatic heterocycles. The lowest BCUT2D eigenvalue weighted by molar-refractivity contribution is 0.130. The lowest BCUT2D eigenvalue weighted by atomic mass is 9.57. The Labute approximate surface area is 398 Å². The maximum absolute atomic E-state index is 2.71. The van der Waals surface area contributed by atoms with E-state index in [1.165, 1.54) is 145 Å². The molecule has 68 heavy (non-hydrogen) atoms. The topological polar surface area (TPSA) is 3.24 Å². The van der Waals surface area contributed by atoms with Gasteiger partial charge in [0.15, 0.2) is 0 Å². The van der Waals surface area contributed by atoms with Crippen LogP contribution in [0.4, 0.5) is 11.4 Å². The second kappa shape index (κ2) is 14.6. The third-order valence-electron chi connectivity index (χ3n) is 17.2. The van der Waals surface area contributed by atoms with Gasteiger partial charge in [-0.1, -0.05) is 196 Å². The Morgan fingerprint density at radius 2 is 0.838 bits per heavy atom. The summed E-state index contributed by atoms with van der Waals surface area (Å²) in [6.45, 7) is 7.62. The molecule has 12 aromatic rings. The van der Waals surface area contributed by atoms with Crippen LogP contribution in [-0.2, 0) is 5.41 Å². The molecule has 12 aromatic carbocycles.